The van der Waals surface area contributed by atoms with E-state index in [4.69, 9.17) is 4.74 Å². The minimum atomic E-state index is -3.05. The number of ether oxygens (including phenoxy) is 1. The fourth-order valence-electron chi connectivity index (χ4n) is 4.38. The van der Waals surface area contributed by atoms with E-state index in [1.807, 2.05) is 0 Å². The molecule has 0 N–H and O–H groups in total. The number of carbonyl (C=O) groups excluding carboxylic acids is 1. The fraction of sp³-hybridized carbons (Fsp3) is 0.842. The first-order valence-electron chi connectivity index (χ1n) is 10.7. The van der Waals surface area contributed by atoms with E-state index in [0.717, 1.165) is 43.3 Å². The topological polar surface area (TPSA) is 94.4 Å². The highest BCUT2D eigenvalue weighted by Gasteiger charge is 2.38. The third-order valence-corrected chi connectivity index (χ3v) is 8.94. The molecule has 10 heteroatoms. The van der Waals surface area contributed by atoms with Crippen molar-refractivity contribution in [3.8, 4) is 0 Å². The summed E-state index contributed by atoms with van der Waals surface area (Å²) in [6.45, 7) is 1.21. The van der Waals surface area contributed by atoms with Gasteiger partial charge in [0.1, 0.15) is 5.82 Å². The summed E-state index contributed by atoms with van der Waals surface area (Å²) in [7, 11) is -3.05. The van der Waals surface area contributed by atoms with Crippen molar-refractivity contribution < 1.29 is 17.9 Å². The summed E-state index contributed by atoms with van der Waals surface area (Å²) < 4.78 is 32.0. The lowest BCUT2D eigenvalue weighted by Gasteiger charge is -2.30. The van der Waals surface area contributed by atoms with Gasteiger partial charge in [-0.3, -0.25) is 4.79 Å². The van der Waals surface area contributed by atoms with Gasteiger partial charge in [-0.05, 0) is 44.9 Å². The molecule has 0 spiro atoms. The minimum Gasteiger partial charge on any atom is -0.376 e. The van der Waals surface area contributed by atoms with Gasteiger partial charge in [-0.2, -0.15) is 0 Å². The molecule has 4 fully saturated rings. The number of nitrogens with zero attached hydrogens (tertiary/aromatic N) is 4. The Morgan fingerprint density at radius 1 is 1.17 bits per heavy atom. The highest BCUT2D eigenvalue weighted by Crippen LogP contribution is 2.46. The second-order valence-electron chi connectivity index (χ2n) is 8.74. The molecule has 2 saturated carbocycles. The van der Waals surface area contributed by atoms with Gasteiger partial charge in [0, 0.05) is 31.2 Å². The molecule has 160 valence electrons. The molecule has 3 heterocycles. The quantitative estimate of drug-likeness (QED) is 0.569. The van der Waals surface area contributed by atoms with E-state index in [1.165, 1.54) is 24.6 Å². The van der Waals surface area contributed by atoms with E-state index in [2.05, 4.69) is 14.8 Å². The normalized spacial score (nSPS) is 28.7. The third-order valence-electron chi connectivity index (χ3n) is 6.26. The molecule has 1 aromatic heterocycles. The largest absolute Gasteiger partial charge is 0.376 e. The first kappa shape index (κ1) is 19.8. The van der Waals surface area contributed by atoms with Crippen LogP contribution in [-0.4, -0.2) is 76.5 Å². The average molecular weight is 441 g/mol. The van der Waals surface area contributed by atoms with E-state index in [0.29, 0.717) is 24.9 Å². The van der Waals surface area contributed by atoms with Crippen molar-refractivity contribution in [2.24, 2.45) is 0 Å². The van der Waals surface area contributed by atoms with Crippen molar-refractivity contribution >= 4 is 27.5 Å². The summed E-state index contributed by atoms with van der Waals surface area (Å²) in [4.78, 5) is 14.9. The summed E-state index contributed by atoms with van der Waals surface area (Å²) in [6, 6.07) is 0.252. The Labute approximate surface area is 175 Å². The van der Waals surface area contributed by atoms with E-state index in [1.54, 1.807) is 4.90 Å². The summed E-state index contributed by atoms with van der Waals surface area (Å²) in [5, 5.41) is 9.62. The van der Waals surface area contributed by atoms with Crippen LogP contribution in [0.1, 0.15) is 62.7 Å². The van der Waals surface area contributed by atoms with Crippen LogP contribution in [0, 0.1) is 0 Å². The lowest BCUT2D eigenvalue weighted by atomic mass is 10.1. The van der Waals surface area contributed by atoms with Gasteiger partial charge in [-0.25, -0.2) is 8.42 Å². The van der Waals surface area contributed by atoms with Crippen molar-refractivity contribution in [3.63, 3.8) is 0 Å². The van der Waals surface area contributed by atoms with Gasteiger partial charge in [0.05, 0.1) is 23.4 Å². The van der Waals surface area contributed by atoms with Crippen molar-refractivity contribution in [1.82, 2.24) is 19.7 Å². The van der Waals surface area contributed by atoms with Crippen molar-refractivity contribution in [2.75, 3.05) is 30.4 Å². The Hall–Kier alpha value is -1.13. The van der Waals surface area contributed by atoms with Gasteiger partial charge in [-0.15, -0.1) is 10.2 Å². The molecule has 0 radical (unpaired) electrons. The molecule has 5 rings (SSSR count). The zero-order valence-corrected chi connectivity index (χ0v) is 18.2. The maximum absolute atomic E-state index is 13.1. The molecule has 1 amide bonds. The number of sulfone groups is 1. The molecular formula is C19H28N4O4S2. The van der Waals surface area contributed by atoms with Gasteiger partial charge in [-0.1, -0.05) is 11.8 Å². The maximum atomic E-state index is 13.1. The van der Waals surface area contributed by atoms with E-state index in [9.17, 15) is 13.2 Å². The Morgan fingerprint density at radius 3 is 2.62 bits per heavy atom. The highest BCUT2D eigenvalue weighted by atomic mass is 32.2. The summed E-state index contributed by atoms with van der Waals surface area (Å²) in [5.41, 5.74) is 0. The summed E-state index contributed by atoms with van der Waals surface area (Å²) >= 11 is 1.44. The Morgan fingerprint density at radius 2 is 2.00 bits per heavy atom. The molecule has 2 aliphatic carbocycles. The molecule has 0 bridgehead atoms. The van der Waals surface area contributed by atoms with E-state index >= 15 is 0 Å². The number of aromatic nitrogens is 3. The monoisotopic (exact) mass is 440 g/mol. The lowest BCUT2D eigenvalue weighted by Crippen LogP contribution is -2.46. The predicted molar refractivity (Wildman–Crippen MR) is 109 cm³/mol. The molecule has 29 heavy (non-hydrogen) atoms. The van der Waals surface area contributed by atoms with Crippen molar-refractivity contribution in [3.05, 3.63) is 5.82 Å². The Balaban J connectivity index is 1.28. The van der Waals surface area contributed by atoms with E-state index < -0.39 is 9.84 Å². The number of hydrogen-bond acceptors (Lipinski definition) is 7. The molecule has 1 aromatic rings. The summed E-state index contributed by atoms with van der Waals surface area (Å²) in [5.74, 6) is 2.10. The average Bonchev–Trinajstić information content (AvgIpc) is 3.59. The highest BCUT2D eigenvalue weighted by molar-refractivity contribution is 7.99. The Kier molecular flexibility index (Phi) is 5.36. The first-order valence-corrected chi connectivity index (χ1v) is 13.5. The van der Waals surface area contributed by atoms with Crippen LogP contribution < -0.4 is 0 Å². The number of carbonyl (C=O) groups is 1. The predicted octanol–water partition coefficient (Wildman–Crippen LogP) is 1.78. The molecule has 2 unspecified atom stereocenters. The number of rotatable bonds is 8. The molecule has 2 saturated heterocycles. The molecular weight excluding hydrogens is 412 g/mol. The Bertz CT molecular complexity index is 873. The second kappa shape index (κ2) is 7.85. The fourth-order valence-corrected chi connectivity index (χ4v) is 7.00. The van der Waals surface area contributed by atoms with Crippen LogP contribution >= 0.6 is 11.8 Å². The molecule has 2 atom stereocenters. The number of amides is 1. The zero-order chi connectivity index (χ0) is 20.0. The maximum Gasteiger partial charge on any atom is 0.233 e. The molecule has 2 aliphatic heterocycles. The standard InChI is InChI=1S/C19H28N4O4S2/c24-17(11-28-19-21-20-18(13-3-4-13)23(19)14-5-6-14)22(10-16-2-1-8-27-16)15-7-9-29(25,26)12-15/h13-16H,1-12H2. The smallest absolute Gasteiger partial charge is 0.233 e. The second-order valence-corrected chi connectivity index (χ2v) is 11.9. The van der Waals surface area contributed by atoms with Crippen LogP contribution in [0.15, 0.2) is 5.16 Å². The van der Waals surface area contributed by atoms with Crippen LogP contribution in [0.4, 0.5) is 0 Å². The number of hydrogen-bond donors (Lipinski definition) is 0. The van der Waals surface area contributed by atoms with Gasteiger partial charge < -0.3 is 14.2 Å². The molecule has 0 aromatic carbocycles. The lowest BCUT2D eigenvalue weighted by molar-refractivity contribution is -0.131. The van der Waals surface area contributed by atoms with Gasteiger partial charge in [0.2, 0.25) is 5.91 Å². The van der Waals surface area contributed by atoms with Crippen LogP contribution in [0.3, 0.4) is 0 Å². The van der Waals surface area contributed by atoms with Crippen molar-refractivity contribution in [2.45, 2.75) is 74.2 Å². The van der Waals surface area contributed by atoms with Crippen LogP contribution in [0.5, 0.6) is 0 Å². The first-order chi connectivity index (χ1) is 14.0. The van der Waals surface area contributed by atoms with E-state index in [-0.39, 0.29) is 35.3 Å². The van der Waals surface area contributed by atoms with Gasteiger partial charge in [0.15, 0.2) is 15.0 Å². The SMILES string of the molecule is O=C(CSc1nnc(C2CC2)n1C1CC1)N(CC1CCCO1)C1CCS(=O)(=O)C1. The van der Waals surface area contributed by atoms with Crippen LogP contribution in [0.25, 0.3) is 0 Å². The zero-order valence-electron chi connectivity index (χ0n) is 16.5. The molecule has 4 aliphatic rings. The van der Waals surface area contributed by atoms with Gasteiger partial charge in [0.25, 0.3) is 0 Å². The van der Waals surface area contributed by atoms with Crippen LogP contribution in [0.2, 0.25) is 0 Å². The minimum absolute atomic E-state index is 0.0174. The van der Waals surface area contributed by atoms with Crippen LogP contribution in [-0.2, 0) is 19.4 Å². The van der Waals surface area contributed by atoms with Crippen molar-refractivity contribution in [1.29, 1.82) is 0 Å². The number of thioether (sulfide) groups is 1. The van der Waals surface area contributed by atoms with Gasteiger partial charge >= 0.3 is 0 Å². The molecule has 8 nitrogen and oxygen atoms in total. The summed E-state index contributed by atoms with van der Waals surface area (Å²) in [6.07, 6.45) is 7.14. The third kappa shape index (κ3) is 4.49.